The Balaban J connectivity index is 1.67. The molecule has 0 aliphatic carbocycles. The number of amides is 1. The van der Waals surface area contributed by atoms with E-state index in [2.05, 4.69) is 55.6 Å². The zero-order valence-electron chi connectivity index (χ0n) is 42.1. The molecule has 2 rings (SSSR count). The zero-order valence-corrected chi connectivity index (χ0v) is 42.1. The van der Waals surface area contributed by atoms with Gasteiger partial charge in [0.15, 0.2) is 12.6 Å². The zero-order chi connectivity index (χ0) is 49.6. The van der Waals surface area contributed by atoms with Gasteiger partial charge >= 0.3 is 0 Å². The number of hydrogen-bond acceptors (Lipinski definition) is 13. The highest BCUT2D eigenvalue weighted by atomic mass is 16.7. The lowest BCUT2D eigenvalue weighted by Crippen LogP contribution is -2.65. The second-order valence-corrected chi connectivity index (χ2v) is 19.0. The molecule has 2 aliphatic heterocycles. The molecule has 0 aromatic heterocycles. The minimum absolute atomic E-state index is 0.248. The summed E-state index contributed by atoms with van der Waals surface area (Å²) in [7, 11) is 0. The summed E-state index contributed by atoms with van der Waals surface area (Å²) in [6, 6.07) is -0.913. The van der Waals surface area contributed by atoms with Crippen LogP contribution in [0.1, 0.15) is 194 Å². The fourth-order valence-electron chi connectivity index (χ4n) is 8.59. The molecule has 68 heavy (non-hydrogen) atoms. The van der Waals surface area contributed by atoms with Crippen molar-refractivity contribution in [1.29, 1.82) is 0 Å². The third-order valence-electron chi connectivity index (χ3n) is 13.0. The highest BCUT2D eigenvalue weighted by Crippen LogP contribution is 2.30. The van der Waals surface area contributed by atoms with Crippen molar-refractivity contribution in [3.05, 3.63) is 48.6 Å². The molecular weight excluding hydrogens is 871 g/mol. The van der Waals surface area contributed by atoms with Crippen molar-refractivity contribution in [2.75, 3.05) is 19.8 Å². The molecule has 14 nitrogen and oxygen atoms in total. The minimum atomic E-state index is -1.79. The van der Waals surface area contributed by atoms with Crippen LogP contribution >= 0.6 is 0 Å². The number of rotatable bonds is 41. The maximum absolute atomic E-state index is 13.1. The molecule has 0 aromatic rings. The van der Waals surface area contributed by atoms with Gasteiger partial charge in [-0.25, -0.2) is 0 Å². The molecule has 0 spiro atoms. The van der Waals surface area contributed by atoms with Crippen LogP contribution < -0.4 is 5.32 Å². The summed E-state index contributed by atoms with van der Waals surface area (Å²) in [5, 5.41) is 86.5. The number of carbonyl (C=O) groups excluding carboxylic acids is 1. The van der Waals surface area contributed by atoms with Crippen molar-refractivity contribution >= 4 is 5.91 Å². The second kappa shape index (κ2) is 40.5. The summed E-state index contributed by atoms with van der Waals surface area (Å²) in [6.45, 7) is 2.70. The van der Waals surface area contributed by atoms with Gasteiger partial charge in [0.2, 0.25) is 5.91 Å². The summed E-state index contributed by atoms with van der Waals surface area (Å²) in [4.78, 5) is 13.1. The van der Waals surface area contributed by atoms with Gasteiger partial charge in [-0.05, 0) is 57.8 Å². The number of nitrogens with one attached hydrogen (secondary N) is 1. The Morgan fingerprint density at radius 2 is 0.971 bits per heavy atom. The van der Waals surface area contributed by atoms with Gasteiger partial charge in [0.1, 0.15) is 48.8 Å². The number of allylic oxidation sites excluding steroid dienone is 7. The molecule has 0 radical (unpaired) electrons. The molecule has 12 atom stereocenters. The van der Waals surface area contributed by atoms with Gasteiger partial charge in [0.25, 0.3) is 0 Å². The van der Waals surface area contributed by atoms with E-state index in [1.54, 1.807) is 6.08 Å². The van der Waals surface area contributed by atoms with Crippen LogP contribution in [0.5, 0.6) is 0 Å². The van der Waals surface area contributed by atoms with Crippen molar-refractivity contribution in [3.8, 4) is 0 Å². The van der Waals surface area contributed by atoms with Crippen LogP contribution in [-0.2, 0) is 23.7 Å². The second-order valence-electron chi connectivity index (χ2n) is 19.0. The third-order valence-corrected chi connectivity index (χ3v) is 13.0. The first-order chi connectivity index (χ1) is 33.1. The molecule has 1 amide bonds. The van der Waals surface area contributed by atoms with E-state index in [1.165, 1.54) is 103 Å². The molecule has 0 bridgehead atoms. The fourth-order valence-corrected chi connectivity index (χ4v) is 8.59. The lowest BCUT2D eigenvalue weighted by atomic mass is 9.97. The minimum Gasteiger partial charge on any atom is -0.394 e. The molecule has 2 fully saturated rings. The SMILES string of the molecule is CCCCCCC/C=C\C/C=C\C/C=C\CCCCCCCCCCCCCCC(=O)NC(COC1OC(CO)C(OC2OC(CO)C(O)C(O)C2O)C(O)C1O)C(O)/C=C/CCCCCCC. The van der Waals surface area contributed by atoms with Crippen molar-refractivity contribution in [2.24, 2.45) is 0 Å². The molecule has 2 saturated heterocycles. The molecule has 2 heterocycles. The first-order valence-corrected chi connectivity index (χ1v) is 26.9. The standard InChI is InChI=1S/C54H97NO13/c1-3-5-7-9-11-12-13-14-15-16-17-18-19-20-21-22-23-24-25-26-27-28-29-30-32-34-36-38-46(59)55-42(43(58)37-35-33-31-10-8-6-4-2)41-65-53-51(64)49(62)52(45(40-57)67-53)68-54-50(63)48(61)47(60)44(39-56)66-54/h13-14,16-17,19-20,35,37,42-45,47-54,56-58,60-64H,3-12,15,18,21-34,36,38-41H2,1-2H3,(H,55,59)/b14-13-,17-16-,20-19-,37-35+. The highest BCUT2D eigenvalue weighted by Gasteiger charge is 2.51. The van der Waals surface area contributed by atoms with Gasteiger partial charge in [-0.3, -0.25) is 4.79 Å². The van der Waals surface area contributed by atoms with Gasteiger partial charge in [-0.1, -0.05) is 178 Å². The lowest BCUT2D eigenvalue weighted by molar-refractivity contribution is -0.359. The Kier molecular flexibility index (Phi) is 37.0. The summed E-state index contributed by atoms with van der Waals surface area (Å²) < 4.78 is 22.6. The van der Waals surface area contributed by atoms with Crippen LogP contribution in [0, 0.1) is 0 Å². The van der Waals surface area contributed by atoms with Crippen LogP contribution in [0.4, 0.5) is 0 Å². The third kappa shape index (κ3) is 27.0. The topological polar surface area (TPSA) is 228 Å². The number of unbranched alkanes of at least 4 members (excludes halogenated alkanes) is 22. The van der Waals surface area contributed by atoms with Crippen molar-refractivity contribution in [3.63, 3.8) is 0 Å². The normalized spacial score (nSPS) is 26.7. The first-order valence-electron chi connectivity index (χ1n) is 26.9. The highest BCUT2D eigenvalue weighted by molar-refractivity contribution is 5.76. The molecule has 2 aliphatic rings. The molecule has 9 N–H and O–H groups in total. The molecule has 0 saturated carbocycles. The maximum Gasteiger partial charge on any atom is 0.220 e. The molecule has 12 unspecified atom stereocenters. The van der Waals surface area contributed by atoms with Crippen molar-refractivity contribution in [2.45, 2.75) is 267 Å². The summed E-state index contributed by atoms with van der Waals surface area (Å²) in [5.41, 5.74) is 0. The largest absolute Gasteiger partial charge is 0.394 e. The van der Waals surface area contributed by atoms with E-state index < -0.39 is 86.8 Å². The van der Waals surface area contributed by atoms with E-state index in [-0.39, 0.29) is 18.9 Å². The van der Waals surface area contributed by atoms with Crippen molar-refractivity contribution < 1.29 is 64.6 Å². The maximum atomic E-state index is 13.1. The van der Waals surface area contributed by atoms with E-state index in [0.29, 0.717) is 6.42 Å². The molecule has 0 aromatic carbocycles. The lowest BCUT2D eigenvalue weighted by Gasteiger charge is -2.46. The first kappa shape index (κ1) is 62.1. The summed E-state index contributed by atoms with van der Waals surface area (Å²) >= 11 is 0. The smallest absolute Gasteiger partial charge is 0.220 e. The van der Waals surface area contributed by atoms with Gasteiger partial charge in [-0.15, -0.1) is 0 Å². The number of aliphatic hydroxyl groups is 8. The molecular formula is C54H97NO13. The van der Waals surface area contributed by atoms with Crippen LogP contribution in [0.25, 0.3) is 0 Å². The quantitative estimate of drug-likeness (QED) is 0.0212. The average Bonchev–Trinajstić information content (AvgIpc) is 3.34. The van der Waals surface area contributed by atoms with Crippen molar-refractivity contribution in [1.82, 2.24) is 5.32 Å². The Labute approximate surface area is 410 Å². The monoisotopic (exact) mass is 968 g/mol. The number of hydrogen-bond donors (Lipinski definition) is 9. The Hall–Kier alpha value is -2.05. The van der Waals surface area contributed by atoms with Crippen LogP contribution in [0.2, 0.25) is 0 Å². The van der Waals surface area contributed by atoms with E-state index >= 15 is 0 Å². The van der Waals surface area contributed by atoms with Gasteiger partial charge in [0, 0.05) is 6.42 Å². The Morgan fingerprint density at radius 3 is 1.49 bits per heavy atom. The number of ether oxygens (including phenoxy) is 4. The van der Waals surface area contributed by atoms with E-state index in [4.69, 9.17) is 18.9 Å². The van der Waals surface area contributed by atoms with Crippen LogP contribution in [0.3, 0.4) is 0 Å². The van der Waals surface area contributed by atoms with Gasteiger partial charge in [0.05, 0.1) is 32.0 Å². The van der Waals surface area contributed by atoms with E-state index in [0.717, 1.165) is 64.2 Å². The van der Waals surface area contributed by atoms with Gasteiger partial charge < -0.3 is 65.1 Å². The van der Waals surface area contributed by atoms with E-state index in [9.17, 15) is 45.6 Å². The Bertz CT molecular complexity index is 1330. The summed E-state index contributed by atoms with van der Waals surface area (Å²) in [5.74, 6) is -0.248. The summed E-state index contributed by atoms with van der Waals surface area (Å²) in [6.07, 6.45) is 31.9. The Morgan fingerprint density at radius 1 is 0.529 bits per heavy atom. The molecule has 396 valence electrons. The van der Waals surface area contributed by atoms with E-state index in [1.807, 2.05) is 6.08 Å². The average molecular weight is 968 g/mol. The van der Waals surface area contributed by atoms with Crippen LogP contribution in [0.15, 0.2) is 48.6 Å². The van der Waals surface area contributed by atoms with Gasteiger partial charge in [-0.2, -0.15) is 0 Å². The van der Waals surface area contributed by atoms with Crippen LogP contribution in [-0.4, -0.2) is 140 Å². The predicted octanol–water partition coefficient (Wildman–Crippen LogP) is 7.66. The molecule has 14 heteroatoms. The fraction of sp³-hybridized carbons (Fsp3) is 0.833. The number of carbonyl (C=O) groups is 1. The number of aliphatic hydroxyl groups excluding tert-OH is 8. The predicted molar refractivity (Wildman–Crippen MR) is 267 cm³/mol.